The normalized spacial score (nSPS) is 18.5. The fraction of sp³-hybridized carbons (Fsp3) is 0.600. The van der Waals surface area contributed by atoms with Gasteiger partial charge in [-0.25, -0.2) is 0 Å². The van der Waals surface area contributed by atoms with Gasteiger partial charge in [0, 0.05) is 6.54 Å². The molecule has 1 aromatic carbocycles. The second-order valence-corrected chi connectivity index (χ2v) is 5.26. The van der Waals surface area contributed by atoms with Gasteiger partial charge in [-0.1, -0.05) is 29.8 Å². The maximum Gasteiger partial charge on any atom is 0.00218 e. The van der Waals surface area contributed by atoms with Crippen molar-refractivity contribution < 1.29 is 0 Å². The van der Waals surface area contributed by atoms with Crippen LogP contribution < -0.4 is 5.73 Å². The number of likely N-dealkylation sites (tertiary alicyclic amines) is 1. The first kappa shape index (κ1) is 12.6. The fourth-order valence-corrected chi connectivity index (χ4v) is 2.49. The maximum atomic E-state index is 5.71. The van der Waals surface area contributed by atoms with E-state index in [2.05, 4.69) is 36.1 Å². The zero-order chi connectivity index (χ0) is 12.1. The molecule has 0 atom stereocenters. The van der Waals surface area contributed by atoms with Gasteiger partial charge in [0.05, 0.1) is 0 Å². The van der Waals surface area contributed by atoms with Gasteiger partial charge >= 0.3 is 0 Å². The lowest BCUT2D eigenvalue weighted by atomic mass is 9.97. The third-order valence-corrected chi connectivity index (χ3v) is 3.88. The van der Waals surface area contributed by atoms with Crippen molar-refractivity contribution in [1.29, 1.82) is 0 Å². The Morgan fingerprint density at radius 3 is 2.41 bits per heavy atom. The minimum atomic E-state index is 0.769. The van der Waals surface area contributed by atoms with E-state index in [1.165, 1.54) is 50.0 Å². The number of rotatable bonds is 4. The van der Waals surface area contributed by atoms with E-state index >= 15 is 0 Å². The minimum absolute atomic E-state index is 0.769. The smallest absolute Gasteiger partial charge is 0.00218 e. The van der Waals surface area contributed by atoms with E-state index in [4.69, 9.17) is 5.73 Å². The summed E-state index contributed by atoms with van der Waals surface area (Å²) < 4.78 is 0. The molecule has 0 saturated carbocycles. The Morgan fingerprint density at radius 2 is 1.82 bits per heavy atom. The number of hydrogen-bond acceptors (Lipinski definition) is 2. The van der Waals surface area contributed by atoms with Crippen molar-refractivity contribution in [3.63, 3.8) is 0 Å². The Labute approximate surface area is 105 Å². The molecule has 2 N–H and O–H groups in total. The first-order chi connectivity index (χ1) is 8.28. The van der Waals surface area contributed by atoms with Gasteiger partial charge in [-0.3, -0.25) is 0 Å². The summed E-state index contributed by atoms with van der Waals surface area (Å²) in [5, 5.41) is 0. The summed E-state index contributed by atoms with van der Waals surface area (Å²) in [6.45, 7) is 6.66. The summed E-state index contributed by atoms with van der Waals surface area (Å²) in [5.41, 5.74) is 8.51. The molecule has 2 heteroatoms. The zero-order valence-electron chi connectivity index (χ0n) is 10.9. The van der Waals surface area contributed by atoms with Crippen molar-refractivity contribution >= 4 is 0 Å². The predicted octanol–water partition coefficient (Wildman–Crippen LogP) is 2.21. The lowest BCUT2D eigenvalue weighted by Gasteiger charge is -2.31. The molecule has 0 bridgehead atoms. The molecule has 0 unspecified atom stereocenters. The number of piperidine rings is 1. The third-order valence-electron chi connectivity index (χ3n) is 3.88. The van der Waals surface area contributed by atoms with Crippen LogP contribution >= 0.6 is 0 Å². The number of nitrogens with two attached hydrogens (primary N) is 1. The Morgan fingerprint density at radius 1 is 1.18 bits per heavy atom. The van der Waals surface area contributed by atoms with E-state index in [1.807, 2.05) is 0 Å². The second kappa shape index (κ2) is 6.18. The molecule has 0 aromatic heterocycles. The molecule has 2 nitrogen and oxygen atoms in total. The highest BCUT2D eigenvalue weighted by Gasteiger charge is 2.17. The second-order valence-electron chi connectivity index (χ2n) is 5.26. The lowest BCUT2D eigenvalue weighted by Crippen LogP contribution is -2.37. The minimum Gasteiger partial charge on any atom is -0.330 e. The molecule has 94 valence electrons. The standard InChI is InChI=1S/C15H24N2/c1-13-2-4-14(5-3-13)6-9-17-10-7-15(12-16)8-11-17/h2-5,15H,6-12,16H2,1H3. The van der Waals surface area contributed by atoms with Crippen molar-refractivity contribution in [2.75, 3.05) is 26.2 Å². The van der Waals surface area contributed by atoms with E-state index < -0.39 is 0 Å². The van der Waals surface area contributed by atoms with Crippen LogP contribution in [0.4, 0.5) is 0 Å². The SMILES string of the molecule is Cc1ccc(CCN2CCC(CN)CC2)cc1. The van der Waals surface area contributed by atoms with Gasteiger partial charge in [0.2, 0.25) is 0 Å². The summed E-state index contributed by atoms with van der Waals surface area (Å²) in [7, 11) is 0. The number of aryl methyl sites for hydroxylation is 1. The molecule has 0 aliphatic carbocycles. The van der Waals surface area contributed by atoms with Crippen molar-refractivity contribution in [2.24, 2.45) is 11.7 Å². The van der Waals surface area contributed by atoms with Crippen LogP contribution in [-0.2, 0) is 6.42 Å². The Balaban J connectivity index is 1.74. The largest absolute Gasteiger partial charge is 0.330 e. The van der Waals surface area contributed by atoms with Gasteiger partial charge in [0.15, 0.2) is 0 Å². The fourth-order valence-electron chi connectivity index (χ4n) is 2.49. The van der Waals surface area contributed by atoms with Crippen molar-refractivity contribution in [1.82, 2.24) is 4.90 Å². The van der Waals surface area contributed by atoms with Crippen molar-refractivity contribution in [3.8, 4) is 0 Å². The van der Waals surface area contributed by atoms with Crippen LogP contribution in [0.1, 0.15) is 24.0 Å². The van der Waals surface area contributed by atoms with Crippen molar-refractivity contribution in [2.45, 2.75) is 26.2 Å². The van der Waals surface area contributed by atoms with E-state index in [0.717, 1.165) is 12.5 Å². The Bertz CT molecular complexity index is 323. The van der Waals surface area contributed by atoms with Gasteiger partial charge in [0.25, 0.3) is 0 Å². The van der Waals surface area contributed by atoms with Crippen LogP contribution in [0.2, 0.25) is 0 Å². The van der Waals surface area contributed by atoms with Crippen molar-refractivity contribution in [3.05, 3.63) is 35.4 Å². The maximum absolute atomic E-state index is 5.71. The topological polar surface area (TPSA) is 29.3 Å². The van der Waals surface area contributed by atoms with Gasteiger partial charge in [-0.05, 0) is 57.3 Å². The molecule has 1 heterocycles. The number of benzene rings is 1. The molecule has 1 saturated heterocycles. The lowest BCUT2D eigenvalue weighted by molar-refractivity contribution is 0.189. The molecule has 17 heavy (non-hydrogen) atoms. The monoisotopic (exact) mass is 232 g/mol. The number of nitrogens with zero attached hydrogens (tertiary/aromatic N) is 1. The molecular weight excluding hydrogens is 208 g/mol. The van der Waals surface area contributed by atoms with Crippen LogP contribution in [0.15, 0.2) is 24.3 Å². The quantitative estimate of drug-likeness (QED) is 0.862. The van der Waals surface area contributed by atoms with Crippen LogP contribution in [0.5, 0.6) is 0 Å². The summed E-state index contributed by atoms with van der Waals surface area (Å²) >= 11 is 0. The predicted molar refractivity (Wildman–Crippen MR) is 73.1 cm³/mol. The molecule has 1 fully saturated rings. The summed E-state index contributed by atoms with van der Waals surface area (Å²) in [5.74, 6) is 0.769. The number of hydrogen-bond donors (Lipinski definition) is 1. The molecule has 1 aliphatic rings. The molecular formula is C15H24N2. The third kappa shape index (κ3) is 3.83. The molecule has 0 amide bonds. The van der Waals surface area contributed by atoms with Crippen LogP contribution in [0.25, 0.3) is 0 Å². The highest BCUT2D eigenvalue weighted by atomic mass is 15.1. The van der Waals surface area contributed by atoms with Crippen LogP contribution in [0.3, 0.4) is 0 Å². The molecule has 1 aliphatic heterocycles. The van der Waals surface area contributed by atoms with E-state index in [1.54, 1.807) is 0 Å². The summed E-state index contributed by atoms with van der Waals surface area (Å²) in [6.07, 6.45) is 3.74. The van der Waals surface area contributed by atoms with E-state index in [9.17, 15) is 0 Å². The Hall–Kier alpha value is -0.860. The summed E-state index contributed by atoms with van der Waals surface area (Å²) in [6, 6.07) is 8.91. The van der Waals surface area contributed by atoms with E-state index in [-0.39, 0.29) is 0 Å². The average Bonchev–Trinajstić information content (AvgIpc) is 2.39. The molecule has 1 aromatic rings. The Kier molecular flexibility index (Phi) is 4.57. The molecule has 0 spiro atoms. The van der Waals surface area contributed by atoms with Gasteiger partial charge < -0.3 is 10.6 Å². The van der Waals surface area contributed by atoms with Gasteiger partial charge in [-0.2, -0.15) is 0 Å². The van der Waals surface area contributed by atoms with Crippen LogP contribution in [-0.4, -0.2) is 31.1 Å². The van der Waals surface area contributed by atoms with Gasteiger partial charge in [-0.15, -0.1) is 0 Å². The zero-order valence-corrected chi connectivity index (χ0v) is 10.9. The molecule has 0 radical (unpaired) electrons. The first-order valence-electron chi connectivity index (χ1n) is 6.76. The van der Waals surface area contributed by atoms with E-state index in [0.29, 0.717) is 0 Å². The van der Waals surface area contributed by atoms with Crippen LogP contribution in [0, 0.1) is 12.8 Å². The summed E-state index contributed by atoms with van der Waals surface area (Å²) in [4.78, 5) is 2.58. The van der Waals surface area contributed by atoms with Gasteiger partial charge in [0.1, 0.15) is 0 Å². The average molecular weight is 232 g/mol. The highest BCUT2D eigenvalue weighted by Crippen LogP contribution is 2.16. The highest BCUT2D eigenvalue weighted by molar-refractivity contribution is 5.21. The first-order valence-corrected chi connectivity index (χ1v) is 6.76. The molecule has 2 rings (SSSR count).